The summed E-state index contributed by atoms with van der Waals surface area (Å²) in [6.07, 6.45) is -4.68. The zero-order valence-corrected chi connectivity index (χ0v) is 22.5. The number of rotatable bonds is 3. The maximum Gasteiger partial charge on any atom is 0.426 e. The van der Waals surface area contributed by atoms with Gasteiger partial charge < -0.3 is 20.1 Å². The van der Waals surface area contributed by atoms with Crippen molar-refractivity contribution in [2.45, 2.75) is 82.8 Å². The third-order valence-corrected chi connectivity index (χ3v) is 9.06. The number of fused-ring (bicyclic) bond motifs is 5. The maximum atomic E-state index is 15.0. The largest absolute Gasteiger partial charge is 0.426 e. The third kappa shape index (κ3) is 3.66. The van der Waals surface area contributed by atoms with Crippen LogP contribution in [0.1, 0.15) is 72.5 Å². The Labute approximate surface area is 231 Å². The molecule has 6 rings (SSSR count). The second kappa shape index (κ2) is 8.68. The molecule has 3 N–H and O–H groups in total. The number of benzene rings is 1. The summed E-state index contributed by atoms with van der Waals surface area (Å²) in [4.78, 5) is 43.8. The molecule has 0 bridgehead atoms. The summed E-state index contributed by atoms with van der Waals surface area (Å²) in [7, 11) is 0. The molecule has 2 aromatic heterocycles. The van der Waals surface area contributed by atoms with E-state index in [0.29, 0.717) is 40.1 Å². The molecule has 3 heterocycles. The lowest BCUT2D eigenvalue weighted by molar-refractivity contribution is -0.245. The molecule has 41 heavy (non-hydrogen) atoms. The summed E-state index contributed by atoms with van der Waals surface area (Å²) >= 11 is 0. The van der Waals surface area contributed by atoms with Crippen LogP contribution in [0.4, 0.5) is 17.6 Å². The van der Waals surface area contributed by atoms with E-state index in [9.17, 15) is 42.2 Å². The van der Waals surface area contributed by atoms with Crippen LogP contribution in [-0.2, 0) is 34.6 Å². The number of aromatic nitrogens is 2. The van der Waals surface area contributed by atoms with Gasteiger partial charge in [-0.05, 0) is 62.3 Å². The maximum absolute atomic E-state index is 15.0. The van der Waals surface area contributed by atoms with E-state index in [1.165, 1.54) is 10.6 Å². The van der Waals surface area contributed by atoms with Crippen LogP contribution in [0.25, 0.3) is 22.3 Å². The van der Waals surface area contributed by atoms with E-state index >= 15 is 0 Å². The van der Waals surface area contributed by atoms with Crippen molar-refractivity contribution in [3.63, 3.8) is 0 Å². The Morgan fingerprint density at radius 2 is 1.88 bits per heavy atom. The summed E-state index contributed by atoms with van der Waals surface area (Å²) in [5, 5.41) is 24.1. The summed E-state index contributed by atoms with van der Waals surface area (Å²) in [6.45, 7) is 3.58. The minimum Gasteiger partial charge on any atom is -0.377 e. The number of nitrogens with one attached hydrogen (secondary N) is 1. The molecule has 0 saturated carbocycles. The molecular formula is C29H27F4N3O5. The first kappa shape index (κ1) is 27.5. The average Bonchev–Trinajstić information content (AvgIpc) is 3.28. The Bertz CT molecular complexity index is 1760. The van der Waals surface area contributed by atoms with E-state index in [1.54, 1.807) is 19.9 Å². The van der Waals surface area contributed by atoms with Crippen LogP contribution < -0.4 is 10.9 Å². The molecule has 8 nitrogen and oxygen atoms in total. The van der Waals surface area contributed by atoms with Gasteiger partial charge in [-0.2, -0.15) is 13.2 Å². The zero-order valence-electron chi connectivity index (χ0n) is 22.5. The highest BCUT2D eigenvalue weighted by Gasteiger charge is 2.56. The highest BCUT2D eigenvalue weighted by molar-refractivity contribution is 5.95. The smallest absolute Gasteiger partial charge is 0.377 e. The molecule has 3 aromatic rings. The van der Waals surface area contributed by atoms with Gasteiger partial charge in [0.2, 0.25) is 5.60 Å². The number of hydrogen-bond acceptors (Lipinski definition) is 6. The summed E-state index contributed by atoms with van der Waals surface area (Å²) in [6, 6.07) is 1.76. The predicted octanol–water partition coefficient (Wildman–Crippen LogP) is 3.40. The monoisotopic (exact) mass is 573 g/mol. The quantitative estimate of drug-likeness (QED) is 0.323. The van der Waals surface area contributed by atoms with E-state index in [0.717, 1.165) is 0 Å². The number of carbonyl (C=O) groups is 2. The van der Waals surface area contributed by atoms with Gasteiger partial charge >= 0.3 is 6.18 Å². The molecule has 3 aliphatic rings. The fraction of sp³-hybridized carbons (Fsp3) is 0.448. The van der Waals surface area contributed by atoms with Crippen LogP contribution in [0.2, 0.25) is 0 Å². The first-order valence-corrected chi connectivity index (χ1v) is 13.4. The standard InChI is InChI=1S/C29H27F4N3O5/c1-4-28(41)16-9-20-24-15(11-36(20)25(38)14(16)6-8-21(28)37)23-18(35-26(39)27(3,40)29(31,32)33)7-5-13-12(2)17(30)10-19(34-24)22(13)23/h9-10,18,40-41H,4-8,11H2,1-3H3,(H,35,39)/t18-,27+,28-/m0/s1. The number of Topliss-reactive ketones (excluding diaryl/α,β-unsaturated/α-hetero) is 1. The Balaban J connectivity index is 1.60. The average molecular weight is 574 g/mol. The van der Waals surface area contributed by atoms with Crippen LogP contribution in [0, 0.1) is 12.7 Å². The molecule has 1 aliphatic heterocycles. The van der Waals surface area contributed by atoms with Gasteiger partial charge in [0.15, 0.2) is 5.78 Å². The van der Waals surface area contributed by atoms with E-state index in [1.807, 2.05) is 0 Å². The number of alkyl halides is 3. The Morgan fingerprint density at radius 3 is 2.54 bits per heavy atom. The molecule has 0 unspecified atom stereocenters. The van der Waals surface area contributed by atoms with Crippen molar-refractivity contribution in [3.8, 4) is 11.4 Å². The Morgan fingerprint density at radius 1 is 1.17 bits per heavy atom. The molecule has 0 radical (unpaired) electrons. The predicted molar refractivity (Wildman–Crippen MR) is 139 cm³/mol. The summed E-state index contributed by atoms with van der Waals surface area (Å²) < 4.78 is 56.8. The number of amides is 1. The molecule has 1 aromatic carbocycles. The molecule has 3 atom stereocenters. The van der Waals surface area contributed by atoms with Crippen molar-refractivity contribution in [2.75, 3.05) is 0 Å². The lowest BCUT2D eigenvalue weighted by atomic mass is 9.77. The highest BCUT2D eigenvalue weighted by Crippen LogP contribution is 2.46. The molecule has 2 aliphatic carbocycles. The van der Waals surface area contributed by atoms with Gasteiger partial charge in [-0.3, -0.25) is 14.4 Å². The minimum absolute atomic E-state index is 0.00140. The Hall–Kier alpha value is -3.64. The van der Waals surface area contributed by atoms with E-state index in [-0.39, 0.29) is 61.1 Å². The van der Waals surface area contributed by atoms with Crippen LogP contribution in [-0.4, -0.2) is 43.2 Å². The van der Waals surface area contributed by atoms with Gasteiger partial charge in [0, 0.05) is 34.6 Å². The number of nitrogens with zero attached hydrogens (tertiary/aromatic N) is 2. The van der Waals surface area contributed by atoms with Crippen molar-refractivity contribution in [2.24, 2.45) is 0 Å². The molecule has 12 heteroatoms. The number of carbonyl (C=O) groups excluding carboxylic acids is 2. The lowest BCUT2D eigenvalue weighted by Gasteiger charge is -2.32. The number of halogens is 4. The van der Waals surface area contributed by atoms with Crippen molar-refractivity contribution in [3.05, 3.63) is 61.7 Å². The number of pyridine rings is 2. The van der Waals surface area contributed by atoms with Crippen molar-refractivity contribution >= 4 is 22.6 Å². The summed E-state index contributed by atoms with van der Waals surface area (Å²) in [5.74, 6) is -2.57. The van der Waals surface area contributed by atoms with Crippen molar-refractivity contribution in [1.82, 2.24) is 14.9 Å². The minimum atomic E-state index is -5.23. The first-order chi connectivity index (χ1) is 19.1. The number of aliphatic hydroxyl groups is 2. The van der Waals surface area contributed by atoms with Crippen molar-refractivity contribution in [1.29, 1.82) is 0 Å². The van der Waals surface area contributed by atoms with Crippen molar-refractivity contribution < 1.29 is 37.4 Å². The summed E-state index contributed by atoms with van der Waals surface area (Å²) in [5.41, 5.74) is -2.89. The number of hydrogen-bond donors (Lipinski definition) is 3. The second-order valence-corrected chi connectivity index (χ2v) is 11.3. The third-order valence-electron chi connectivity index (χ3n) is 9.06. The van der Waals surface area contributed by atoms with E-state index in [4.69, 9.17) is 0 Å². The molecule has 0 saturated heterocycles. The fourth-order valence-electron chi connectivity index (χ4n) is 6.51. The number of ketones is 1. The lowest BCUT2D eigenvalue weighted by Crippen LogP contribution is -2.55. The highest BCUT2D eigenvalue weighted by atomic mass is 19.4. The van der Waals surface area contributed by atoms with Gasteiger partial charge in [0.25, 0.3) is 11.5 Å². The normalized spacial score (nSPS) is 22.7. The van der Waals surface area contributed by atoms with Gasteiger partial charge in [0.05, 0.1) is 29.5 Å². The van der Waals surface area contributed by atoms with Crippen LogP contribution in [0.3, 0.4) is 0 Å². The van der Waals surface area contributed by atoms with Crippen LogP contribution in [0.5, 0.6) is 0 Å². The van der Waals surface area contributed by atoms with Gasteiger partial charge in [-0.1, -0.05) is 6.92 Å². The molecule has 0 fully saturated rings. The first-order valence-electron chi connectivity index (χ1n) is 13.4. The van der Waals surface area contributed by atoms with Gasteiger partial charge in [-0.15, -0.1) is 0 Å². The molecular weight excluding hydrogens is 546 g/mol. The fourth-order valence-corrected chi connectivity index (χ4v) is 6.51. The van der Waals surface area contributed by atoms with E-state index < -0.39 is 46.5 Å². The van der Waals surface area contributed by atoms with E-state index in [2.05, 4.69) is 10.3 Å². The van der Waals surface area contributed by atoms with Crippen LogP contribution in [0.15, 0.2) is 16.9 Å². The topological polar surface area (TPSA) is 122 Å². The number of aryl methyl sites for hydroxylation is 1. The SMILES string of the molecule is CC[C@@]1(O)C(=O)CCc2c1cc1n(c2=O)Cc2c-1nc1cc(F)c(C)c3c1c2[C@@H](NC(=O)[C@@](C)(O)C(F)(F)F)CC3. The molecule has 1 amide bonds. The van der Waals surface area contributed by atoms with Gasteiger partial charge in [0.1, 0.15) is 11.4 Å². The zero-order chi connectivity index (χ0) is 29.8. The molecule has 0 spiro atoms. The van der Waals surface area contributed by atoms with Crippen LogP contribution >= 0.6 is 0 Å². The second-order valence-electron chi connectivity index (χ2n) is 11.3. The molecule has 216 valence electrons. The van der Waals surface area contributed by atoms with Gasteiger partial charge in [-0.25, -0.2) is 9.37 Å². The Kier molecular flexibility index (Phi) is 5.83.